The standard InChI is InChI=1S/C31H49N5O8/c1-18(2)15-23(29(41)43-9)35-27(39)22(16-21-13-11-10-12-14-21)34-26(38)20(5)33-24(37)17-32-28(40)25(19(3)4)36-30(42)44-31(6,7)8/h10-14,18-20,22-23,25H,15-17H2,1-9H3,(H,32,40)(H,33,37)(H,34,38)(H,35,39)(H,36,42)/t20-,22-,23-,25-/m0/s1. The maximum Gasteiger partial charge on any atom is 0.408 e. The number of ether oxygens (including phenoxy) is 2. The molecular formula is C31H49N5O8. The second-order valence-electron chi connectivity index (χ2n) is 12.3. The highest BCUT2D eigenvalue weighted by molar-refractivity contribution is 5.94. The first kappa shape index (κ1) is 37.9. The van der Waals surface area contributed by atoms with Crippen LogP contribution in [0.15, 0.2) is 30.3 Å². The van der Waals surface area contributed by atoms with E-state index >= 15 is 0 Å². The fourth-order valence-electron chi connectivity index (χ4n) is 4.06. The van der Waals surface area contributed by atoms with E-state index in [1.165, 1.54) is 14.0 Å². The molecule has 0 saturated carbocycles. The Morgan fingerprint density at radius 1 is 0.773 bits per heavy atom. The normalized spacial score (nSPS) is 14.0. The first-order valence-electron chi connectivity index (χ1n) is 14.7. The number of esters is 1. The van der Waals surface area contributed by atoms with Gasteiger partial charge in [-0.05, 0) is 51.5 Å². The minimum Gasteiger partial charge on any atom is -0.467 e. The molecule has 4 atom stereocenters. The van der Waals surface area contributed by atoms with E-state index in [-0.39, 0.29) is 18.3 Å². The fraction of sp³-hybridized carbons (Fsp3) is 0.613. The van der Waals surface area contributed by atoms with Gasteiger partial charge in [-0.15, -0.1) is 0 Å². The van der Waals surface area contributed by atoms with Gasteiger partial charge in [-0.2, -0.15) is 0 Å². The molecule has 5 N–H and O–H groups in total. The lowest BCUT2D eigenvalue weighted by Crippen LogP contribution is -2.57. The van der Waals surface area contributed by atoms with E-state index in [1.54, 1.807) is 58.9 Å². The topological polar surface area (TPSA) is 181 Å². The molecule has 13 nitrogen and oxygen atoms in total. The minimum atomic E-state index is -1.07. The Hall–Kier alpha value is -4.16. The zero-order valence-corrected chi connectivity index (χ0v) is 27.2. The molecule has 1 aromatic carbocycles. The molecule has 0 aliphatic heterocycles. The molecule has 0 spiro atoms. The Morgan fingerprint density at radius 3 is 1.89 bits per heavy atom. The molecular weight excluding hydrogens is 570 g/mol. The average Bonchev–Trinajstić information content (AvgIpc) is 2.92. The average molecular weight is 620 g/mol. The summed E-state index contributed by atoms with van der Waals surface area (Å²) in [5.74, 6) is -3.30. The number of nitrogens with one attached hydrogen (secondary N) is 5. The van der Waals surface area contributed by atoms with Crippen molar-refractivity contribution in [2.45, 2.75) is 98.0 Å². The van der Waals surface area contributed by atoms with E-state index in [0.29, 0.717) is 6.42 Å². The third kappa shape index (κ3) is 14.3. The first-order chi connectivity index (χ1) is 20.4. The summed E-state index contributed by atoms with van der Waals surface area (Å²) in [4.78, 5) is 76.1. The minimum absolute atomic E-state index is 0.0844. The van der Waals surface area contributed by atoms with Crippen LogP contribution in [0.2, 0.25) is 0 Å². The number of methoxy groups -OCH3 is 1. The number of benzene rings is 1. The van der Waals surface area contributed by atoms with Gasteiger partial charge >= 0.3 is 12.1 Å². The highest BCUT2D eigenvalue weighted by Crippen LogP contribution is 2.10. The van der Waals surface area contributed by atoms with E-state index in [0.717, 1.165) is 5.56 Å². The Bertz CT molecular complexity index is 1130. The lowest BCUT2D eigenvalue weighted by molar-refractivity contribution is -0.146. The molecule has 0 bridgehead atoms. The molecule has 0 saturated heterocycles. The van der Waals surface area contributed by atoms with Crippen molar-refractivity contribution in [3.05, 3.63) is 35.9 Å². The van der Waals surface area contributed by atoms with Crippen molar-refractivity contribution in [3.63, 3.8) is 0 Å². The number of alkyl carbamates (subject to hydrolysis) is 1. The third-order valence-electron chi connectivity index (χ3n) is 6.24. The van der Waals surface area contributed by atoms with Crippen LogP contribution >= 0.6 is 0 Å². The largest absolute Gasteiger partial charge is 0.467 e. The quantitative estimate of drug-likeness (QED) is 0.184. The van der Waals surface area contributed by atoms with E-state index in [9.17, 15) is 28.8 Å². The van der Waals surface area contributed by atoms with Crippen LogP contribution in [0.1, 0.15) is 67.4 Å². The molecule has 1 aromatic rings. The molecule has 246 valence electrons. The summed E-state index contributed by atoms with van der Waals surface area (Å²) < 4.78 is 10.0. The van der Waals surface area contributed by atoms with Gasteiger partial charge in [0, 0.05) is 6.42 Å². The molecule has 1 rings (SSSR count). The SMILES string of the molecule is COC(=O)[C@H](CC(C)C)NC(=O)[C@H](Cc1ccccc1)NC(=O)[C@H](C)NC(=O)CNC(=O)[C@@H](NC(=O)OC(C)(C)C)C(C)C. The summed E-state index contributed by atoms with van der Waals surface area (Å²) in [6.07, 6.45) is -0.295. The van der Waals surface area contributed by atoms with Crippen LogP contribution in [0.25, 0.3) is 0 Å². The highest BCUT2D eigenvalue weighted by Gasteiger charge is 2.30. The molecule has 0 aromatic heterocycles. The van der Waals surface area contributed by atoms with Gasteiger partial charge < -0.3 is 36.1 Å². The first-order valence-corrected chi connectivity index (χ1v) is 14.7. The maximum absolute atomic E-state index is 13.3. The second kappa shape index (κ2) is 17.8. The van der Waals surface area contributed by atoms with Crippen LogP contribution in [-0.4, -0.2) is 79.1 Å². The highest BCUT2D eigenvalue weighted by atomic mass is 16.6. The Morgan fingerprint density at radius 2 is 1.36 bits per heavy atom. The van der Waals surface area contributed by atoms with Crippen LogP contribution in [0.5, 0.6) is 0 Å². The van der Waals surface area contributed by atoms with Crippen LogP contribution in [-0.2, 0) is 39.9 Å². The van der Waals surface area contributed by atoms with Gasteiger partial charge in [0.25, 0.3) is 0 Å². The number of rotatable bonds is 15. The molecule has 0 unspecified atom stereocenters. The molecule has 0 aliphatic rings. The van der Waals surface area contributed by atoms with E-state index in [1.807, 2.05) is 19.9 Å². The summed E-state index contributed by atoms with van der Waals surface area (Å²) in [6.45, 7) is 13.3. The monoisotopic (exact) mass is 619 g/mol. The van der Waals surface area contributed by atoms with Crippen LogP contribution in [0, 0.1) is 11.8 Å². The van der Waals surface area contributed by atoms with Crippen molar-refractivity contribution in [1.82, 2.24) is 26.6 Å². The number of hydrogen-bond donors (Lipinski definition) is 5. The molecule has 0 fully saturated rings. The third-order valence-corrected chi connectivity index (χ3v) is 6.24. The zero-order valence-electron chi connectivity index (χ0n) is 27.2. The van der Waals surface area contributed by atoms with Crippen molar-refractivity contribution >= 4 is 35.7 Å². The summed E-state index contributed by atoms with van der Waals surface area (Å²) in [6, 6.07) is 5.02. The summed E-state index contributed by atoms with van der Waals surface area (Å²) >= 11 is 0. The van der Waals surface area contributed by atoms with E-state index in [2.05, 4.69) is 26.6 Å². The van der Waals surface area contributed by atoms with Crippen LogP contribution in [0.4, 0.5) is 4.79 Å². The van der Waals surface area contributed by atoms with Crippen molar-refractivity contribution in [2.75, 3.05) is 13.7 Å². The second-order valence-corrected chi connectivity index (χ2v) is 12.3. The predicted octanol–water partition coefficient (Wildman–Crippen LogP) is 1.59. The smallest absolute Gasteiger partial charge is 0.408 e. The summed E-state index contributed by atoms with van der Waals surface area (Å²) in [5.41, 5.74) is 0.0156. The van der Waals surface area contributed by atoms with Crippen LogP contribution in [0.3, 0.4) is 0 Å². The van der Waals surface area contributed by atoms with Crippen molar-refractivity contribution in [1.29, 1.82) is 0 Å². The molecule has 44 heavy (non-hydrogen) atoms. The summed E-state index contributed by atoms with van der Waals surface area (Å²) in [7, 11) is 1.23. The molecule has 5 amide bonds. The van der Waals surface area contributed by atoms with Crippen LogP contribution < -0.4 is 26.6 Å². The van der Waals surface area contributed by atoms with Gasteiger partial charge in [-0.3, -0.25) is 19.2 Å². The zero-order chi connectivity index (χ0) is 33.6. The molecule has 13 heteroatoms. The number of carbonyl (C=O) groups is 6. The molecule has 0 heterocycles. The maximum atomic E-state index is 13.3. The van der Waals surface area contributed by atoms with Gasteiger partial charge in [0.2, 0.25) is 23.6 Å². The Balaban J connectivity index is 2.87. The predicted molar refractivity (Wildman–Crippen MR) is 164 cm³/mol. The van der Waals surface area contributed by atoms with Gasteiger partial charge in [0.15, 0.2) is 0 Å². The van der Waals surface area contributed by atoms with Crippen molar-refractivity contribution in [3.8, 4) is 0 Å². The van der Waals surface area contributed by atoms with Gasteiger partial charge in [-0.1, -0.05) is 58.0 Å². The number of carbonyl (C=O) groups excluding carboxylic acids is 6. The van der Waals surface area contributed by atoms with Gasteiger partial charge in [0.1, 0.15) is 29.8 Å². The van der Waals surface area contributed by atoms with Gasteiger partial charge in [0.05, 0.1) is 13.7 Å². The van der Waals surface area contributed by atoms with Gasteiger partial charge in [-0.25, -0.2) is 9.59 Å². The van der Waals surface area contributed by atoms with Crippen molar-refractivity contribution < 1.29 is 38.2 Å². The molecule has 0 aliphatic carbocycles. The number of hydrogen-bond acceptors (Lipinski definition) is 8. The fourth-order valence-corrected chi connectivity index (χ4v) is 4.06. The Labute approximate surface area is 260 Å². The van der Waals surface area contributed by atoms with Crippen molar-refractivity contribution in [2.24, 2.45) is 11.8 Å². The Kier molecular flexibility index (Phi) is 15.3. The lowest BCUT2D eigenvalue weighted by Gasteiger charge is -2.25. The number of amides is 5. The summed E-state index contributed by atoms with van der Waals surface area (Å²) in [5, 5.41) is 12.8. The molecule has 0 radical (unpaired) electrons. The van der Waals surface area contributed by atoms with E-state index in [4.69, 9.17) is 9.47 Å². The lowest BCUT2D eigenvalue weighted by atomic mass is 10.0. The van der Waals surface area contributed by atoms with E-state index < -0.39 is 72.0 Å².